The first-order valence-electron chi connectivity index (χ1n) is 4.15. The van der Waals surface area contributed by atoms with Crippen molar-refractivity contribution in [3.63, 3.8) is 0 Å². The second-order valence-electron chi connectivity index (χ2n) is 3.00. The summed E-state index contributed by atoms with van der Waals surface area (Å²) in [6, 6.07) is 0. The molecule has 0 unspecified atom stereocenters. The molecule has 0 atom stereocenters. The summed E-state index contributed by atoms with van der Waals surface area (Å²) in [7, 11) is 3.55. The van der Waals surface area contributed by atoms with Crippen molar-refractivity contribution in [1.82, 2.24) is 4.90 Å². The molecule has 68 valence electrons. The summed E-state index contributed by atoms with van der Waals surface area (Å²) in [5, 5.41) is 0. The van der Waals surface area contributed by atoms with E-state index in [2.05, 4.69) is 5.73 Å². The minimum Gasteiger partial charge on any atom is -0.349 e. The van der Waals surface area contributed by atoms with Gasteiger partial charge in [0.15, 0.2) is 0 Å². The van der Waals surface area contributed by atoms with Gasteiger partial charge >= 0.3 is 0 Å². The fraction of sp³-hybridized carbons (Fsp3) is 0.600. The molecule has 0 aliphatic heterocycles. The van der Waals surface area contributed by atoms with Gasteiger partial charge in [0.1, 0.15) is 0 Å². The molecule has 0 spiro atoms. The van der Waals surface area contributed by atoms with Crippen LogP contribution in [0.15, 0.2) is 17.4 Å². The molecule has 0 aliphatic rings. The van der Waals surface area contributed by atoms with Gasteiger partial charge in [-0.2, -0.15) is 0 Å². The number of amides is 1. The lowest BCUT2D eigenvalue weighted by atomic mass is 10.1. The van der Waals surface area contributed by atoms with Crippen molar-refractivity contribution in [2.24, 2.45) is 0 Å². The Labute approximate surface area is 74.6 Å². The van der Waals surface area contributed by atoms with E-state index in [9.17, 15) is 4.79 Å². The van der Waals surface area contributed by atoms with Gasteiger partial charge < -0.3 is 4.90 Å². The predicted octanol–water partition coefficient (Wildman–Crippen LogP) is 1.98. The Morgan fingerprint density at radius 1 is 1.42 bits per heavy atom. The van der Waals surface area contributed by atoms with Crippen LogP contribution in [0.3, 0.4) is 0 Å². The lowest BCUT2D eigenvalue weighted by Gasteiger charge is -2.08. The highest BCUT2D eigenvalue weighted by molar-refractivity contribution is 5.75. The third-order valence-corrected chi connectivity index (χ3v) is 1.60. The molecule has 0 aromatic rings. The van der Waals surface area contributed by atoms with E-state index in [0.717, 1.165) is 12.0 Å². The van der Waals surface area contributed by atoms with Crippen molar-refractivity contribution in [1.29, 1.82) is 0 Å². The predicted molar refractivity (Wildman–Crippen MR) is 50.9 cm³/mol. The van der Waals surface area contributed by atoms with Gasteiger partial charge in [-0.1, -0.05) is 0 Å². The van der Waals surface area contributed by atoms with Gasteiger partial charge in [-0.3, -0.25) is 4.79 Å². The van der Waals surface area contributed by atoms with E-state index in [0.29, 0.717) is 6.42 Å². The number of hydrogen-bond donors (Lipinski definition) is 0. The quantitative estimate of drug-likeness (QED) is 0.588. The third-order valence-electron chi connectivity index (χ3n) is 1.60. The van der Waals surface area contributed by atoms with Gasteiger partial charge in [0.25, 0.3) is 0 Å². The summed E-state index contributed by atoms with van der Waals surface area (Å²) in [6.07, 6.45) is 3.26. The fourth-order valence-corrected chi connectivity index (χ4v) is 0.837. The largest absolute Gasteiger partial charge is 0.349 e. The maximum absolute atomic E-state index is 11.1. The molecule has 0 heterocycles. The van der Waals surface area contributed by atoms with Crippen LogP contribution in [0.4, 0.5) is 0 Å². The smallest absolute Gasteiger partial charge is 0.222 e. The van der Waals surface area contributed by atoms with E-state index >= 15 is 0 Å². The van der Waals surface area contributed by atoms with Crippen LogP contribution in [-0.4, -0.2) is 24.9 Å². The van der Waals surface area contributed by atoms with Gasteiger partial charge in [0.05, 0.1) is 0 Å². The van der Waals surface area contributed by atoms with E-state index < -0.39 is 0 Å². The van der Waals surface area contributed by atoms with E-state index in [1.807, 2.05) is 19.9 Å². The molecular formula is C10H17NO. The Kier molecular flexibility index (Phi) is 5.14. The Hall–Kier alpha value is -1.01. The van der Waals surface area contributed by atoms with Gasteiger partial charge in [-0.05, 0) is 31.9 Å². The second kappa shape index (κ2) is 5.62. The highest BCUT2D eigenvalue weighted by Crippen LogP contribution is 2.03. The first-order chi connectivity index (χ1) is 5.57. The Morgan fingerprint density at radius 2 is 2.00 bits per heavy atom. The van der Waals surface area contributed by atoms with Crippen molar-refractivity contribution >= 4 is 5.91 Å². The second-order valence-corrected chi connectivity index (χ2v) is 3.00. The van der Waals surface area contributed by atoms with Crippen LogP contribution in [0.5, 0.6) is 0 Å². The summed E-state index contributed by atoms with van der Waals surface area (Å²) in [5.41, 5.74) is 4.19. The van der Waals surface area contributed by atoms with Crippen LogP contribution in [0.2, 0.25) is 0 Å². The van der Waals surface area contributed by atoms with Crippen molar-refractivity contribution < 1.29 is 4.79 Å². The van der Waals surface area contributed by atoms with Crippen LogP contribution in [0, 0.1) is 0 Å². The summed E-state index contributed by atoms with van der Waals surface area (Å²) < 4.78 is 0. The van der Waals surface area contributed by atoms with Gasteiger partial charge in [0, 0.05) is 20.5 Å². The molecule has 0 fully saturated rings. The lowest BCUT2D eigenvalue weighted by Crippen LogP contribution is -2.21. The Bertz CT molecular complexity index is 210. The highest BCUT2D eigenvalue weighted by atomic mass is 16.2. The maximum Gasteiger partial charge on any atom is 0.222 e. The first-order valence-corrected chi connectivity index (χ1v) is 4.15. The number of rotatable bonds is 3. The molecule has 2 heteroatoms. The van der Waals surface area contributed by atoms with Crippen LogP contribution >= 0.6 is 0 Å². The molecule has 0 bridgehead atoms. The minimum absolute atomic E-state index is 0.173. The van der Waals surface area contributed by atoms with E-state index in [-0.39, 0.29) is 5.91 Å². The number of hydrogen-bond acceptors (Lipinski definition) is 1. The first kappa shape index (κ1) is 11.0. The highest BCUT2D eigenvalue weighted by Gasteiger charge is 2.02. The van der Waals surface area contributed by atoms with Crippen molar-refractivity contribution in [3.8, 4) is 0 Å². The van der Waals surface area contributed by atoms with Crippen LogP contribution in [0.1, 0.15) is 26.7 Å². The maximum atomic E-state index is 11.1. The molecular weight excluding hydrogens is 150 g/mol. The summed E-state index contributed by atoms with van der Waals surface area (Å²) in [5.74, 6) is 0.173. The van der Waals surface area contributed by atoms with Crippen molar-refractivity contribution in [2.45, 2.75) is 26.7 Å². The molecule has 0 aliphatic carbocycles. The molecule has 2 nitrogen and oxygen atoms in total. The number of allylic oxidation sites excluding steroid dienone is 1. The zero-order valence-corrected chi connectivity index (χ0v) is 8.35. The molecule has 0 N–H and O–H groups in total. The standard InChI is InChI=1S/C10H17NO/c1-5-6-9(2)7-8-10(12)11(3)4/h5H,7-8H2,1-4H3. The van der Waals surface area contributed by atoms with E-state index in [4.69, 9.17) is 0 Å². The van der Waals surface area contributed by atoms with Crippen LogP contribution in [0.25, 0.3) is 0 Å². The summed E-state index contributed by atoms with van der Waals surface area (Å²) in [6.45, 7) is 3.92. The lowest BCUT2D eigenvalue weighted by molar-refractivity contribution is -0.128. The SMILES string of the molecule is CC=C=C(C)CCC(=O)N(C)C. The molecule has 0 rings (SSSR count). The molecule has 0 aromatic carbocycles. The monoisotopic (exact) mass is 167 g/mol. The zero-order chi connectivity index (χ0) is 9.56. The zero-order valence-electron chi connectivity index (χ0n) is 8.35. The molecule has 0 radical (unpaired) electrons. The average molecular weight is 167 g/mol. The third kappa shape index (κ3) is 4.75. The minimum atomic E-state index is 0.173. The number of carbonyl (C=O) groups is 1. The van der Waals surface area contributed by atoms with Crippen LogP contribution in [-0.2, 0) is 4.79 Å². The van der Waals surface area contributed by atoms with Gasteiger partial charge in [0.2, 0.25) is 5.91 Å². The summed E-state index contributed by atoms with van der Waals surface area (Å²) >= 11 is 0. The van der Waals surface area contributed by atoms with Crippen molar-refractivity contribution in [2.75, 3.05) is 14.1 Å². The number of nitrogens with zero attached hydrogens (tertiary/aromatic N) is 1. The van der Waals surface area contributed by atoms with Crippen molar-refractivity contribution in [3.05, 3.63) is 17.4 Å². The van der Waals surface area contributed by atoms with E-state index in [1.165, 1.54) is 0 Å². The Balaban J connectivity index is 3.85. The fourth-order valence-electron chi connectivity index (χ4n) is 0.837. The molecule has 12 heavy (non-hydrogen) atoms. The molecule has 0 aromatic heterocycles. The Morgan fingerprint density at radius 3 is 2.42 bits per heavy atom. The normalized spacial score (nSPS) is 8.67. The van der Waals surface area contributed by atoms with Gasteiger partial charge in [-0.25, -0.2) is 0 Å². The topological polar surface area (TPSA) is 20.3 Å². The molecule has 0 saturated heterocycles. The molecule has 0 saturated carbocycles. The van der Waals surface area contributed by atoms with Crippen LogP contribution < -0.4 is 0 Å². The average Bonchev–Trinajstić information content (AvgIpc) is 2.00. The summed E-state index contributed by atoms with van der Waals surface area (Å²) in [4.78, 5) is 12.7. The van der Waals surface area contributed by atoms with Gasteiger partial charge in [-0.15, -0.1) is 5.73 Å². The molecule has 1 amide bonds. The van der Waals surface area contributed by atoms with E-state index in [1.54, 1.807) is 19.0 Å². The number of carbonyl (C=O) groups excluding carboxylic acids is 1.